The van der Waals surface area contributed by atoms with Crippen LogP contribution in [0.1, 0.15) is 29.6 Å². The second-order valence-corrected chi connectivity index (χ2v) is 4.80. The number of nitrogens with one attached hydrogen (secondary N) is 1. The lowest BCUT2D eigenvalue weighted by molar-refractivity contribution is -0.120. The summed E-state index contributed by atoms with van der Waals surface area (Å²) in [4.78, 5) is 27.2. The van der Waals surface area contributed by atoms with E-state index < -0.39 is 18.6 Å². The molecule has 0 spiro atoms. The predicted molar refractivity (Wildman–Crippen MR) is 83.2 cm³/mol. The molecule has 0 aliphatic heterocycles. The standard InChI is InChI=1S/C15H21FN4O2/c16-10-13(17)19-9-5-4-8-12(14(18)21)20-15(22)11-6-2-1-3-7-11/h1-3,6-7,12H,4-5,8-10H2,(H2,17,19)(H2,18,21)(H,20,22). The zero-order chi connectivity index (χ0) is 16.4. The summed E-state index contributed by atoms with van der Waals surface area (Å²) in [5.74, 6) is -0.969. The number of hydrogen-bond donors (Lipinski definition) is 3. The van der Waals surface area contributed by atoms with E-state index in [9.17, 15) is 14.0 Å². The number of aliphatic imine (C=N–C) groups is 1. The fraction of sp³-hybridized carbons (Fsp3) is 0.400. The van der Waals surface area contributed by atoms with Crippen molar-refractivity contribution in [1.82, 2.24) is 5.32 Å². The Bertz CT molecular complexity index is 520. The Morgan fingerprint density at radius 3 is 2.45 bits per heavy atom. The van der Waals surface area contributed by atoms with Gasteiger partial charge in [0.2, 0.25) is 5.91 Å². The van der Waals surface area contributed by atoms with E-state index in [2.05, 4.69) is 10.3 Å². The van der Waals surface area contributed by atoms with E-state index in [1.54, 1.807) is 30.3 Å². The number of primary amides is 1. The molecule has 0 saturated heterocycles. The molecule has 1 aromatic rings. The van der Waals surface area contributed by atoms with Crippen molar-refractivity contribution in [3.63, 3.8) is 0 Å². The van der Waals surface area contributed by atoms with Gasteiger partial charge in [0.05, 0.1) is 0 Å². The summed E-state index contributed by atoms with van der Waals surface area (Å²) in [5.41, 5.74) is 11.0. The van der Waals surface area contributed by atoms with Crippen molar-refractivity contribution < 1.29 is 14.0 Å². The van der Waals surface area contributed by atoms with Gasteiger partial charge in [-0.3, -0.25) is 14.6 Å². The number of carbonyl (C=O) groups excluding carboxylic acids is 2. The van der Waals surface area contributed by atoms with Crippen LogP contribution in [0.3, 0.4) is 0 Å². The number of amides is 2. The molecule has 1 rings (SSSR count). The Balaban J connectivity index is 2.43. The average molecular weight is 308 g/mol. The molecule has 1 aromatic carbocycles. The number of nitrogens with two attached hydrogens (primary N) is 2. The van der Waals surface area contributed by atoms with Gasteiger partial charge in [-0.15, -0.1) is 0 Å². The molecule has 0 aliphatic rings. The Labute approximate surface area is 128 Å². The quantitative estimate of drug-likeness (QED) is 0.356. The molecule has 0 radical (unpaired) electrons. The van der Waals surface area contributed by atoms with Gasteiger partial charge < -0.3 is 16.8 Å². The van der Waals surface area contributed by atoms with Crippen LogP contribution in [0.5, 0.6) is 0 Å². The number of alkyl halides is 1. The summed E-state index contributed by atoms with van der Waals surface area (Å²) in [6.45, 7) is -0.384. The van der Waals surface area contributed by atoms with E-state index in [1.165, 1.54) is 0 Å². The van der Waals surface area contributed by atoms with Crippen molar-refractivity contribution in [2.45, 2.75) is 25.3 Å². The van der Waals surface area contributed by atoms with Crippen molar-refractivity contribution in [3.8, 4) is 0 Å². The van der Waals surface area contributed by atoms with Gasteiger partial charge in [-0.05, 0) is 31.4 Å². The van der Waals surface area contributed by atoms with Crippen molar-refractivity contribution in [2.24, 2.45) is 16.5 Å². The summed E-state index contributed by atoms with van der Waals surface area (Å²) < 4.78 is 12.1. The SMILES string of the molecule is NC(=O)C(CCCCN=C(N)CF)NC(=O)c1ccccc1. The maximum atomic E-state index is 12.1. The van der Waals surface area contributed by atoms with Crippen LogP contribution in [-0.4, -0.2) is 36.9 Å². The highest BCUT2D eigenvalue weighted by Gasteiger charge is 2.18. The zero-order valence-corrected chi connectivity index (χ0v) is 12.3. The van der Waals surface area contributed by atoms with Crippen LogP contribution in [0.4, 0.5) is 4.39 Å². The fourth-order valence-electron chi connectivity index (χ4n) is 1.84. The average Bonchev–Trinajstić information content (AvgIpc) is 2.53. The molecule has 0 aliphatic carbocycles. The predicted octanol–water partition coefficient (Wildman–Crippen LogP) is 0.767. The minimum atomic E-state index is -0.767. The van der Waals surface area contributed by atoms with Crippen LogP contribution in [0.2, 0.25) is 0 Å². The molecule has 0 bridgehead atoms. The molecular formula is C15H21FN4O2. The first-order chi connectivity index (χ1) is 10.5. The molecule has 6 nitrogen and oxygen atoms in total. The van der Waals surface area contributed by atoms with Crippen molar-refractivity contribution in [1.29, 1.82) is 0 Å². The highest BCUT2D eigenvalue weighted by Crippen LogP contribution is 2.04. The molecular weight excluding hydrogens is 287 g/mol. The largest absolute Gasteiger partial charge is 0.385 e. The van der Waals surface area contributed by atoms with Crippen LogP contribution < -0.4 is 16.8 Å². The summed E-state index contributed by atoms with van der Waals surface area (Å²) in [6.07, 6.45) is 1.65. The molecule has 0 fully saturated rings. The van der Waals surface area contributed by atoms with Gasteiger partial charge in [-0.2, -0.15) is 0 Å². The second-order valence-electron chi connectivity index (χ2n) is 4.80. The number of halogens is 1. The van der Waals surface area contributed by atoms with Gasteiger partial charge in [0.25, 0.3) is 5.91 Å². The first kappa shape index (κ1) is 17.6. The maximum absolute atomic E-state index is 12.1. The van der Waals surface area contributed by atoms with Crippen LogP contribution in [0, 0.1) is 0 Å². The molecule has 0 aromatic heterocycles. The fourth-order valence-corrected chi connectivity index (χ4v) is 1.84. The number of benzene rings is 1. The maximum Gasteiger partial charge on any atom is 0.251 e. The number of unbranched alkanes of at least 4 members (excludes halogenated alkanes) is 1. The van der Waals surface area contributed by atoms with Gasteiger partial charge in [0.1, 0.15) is 18.6 Å². The van der Waals surface area contributed by atoms with Crippen molar-refractivity contribution in [3.05, 3.63) is 35.9 Å². The molecule has 0 saturated carbocycles. The molecule has 0 heterocycles. The molecule has 7 heteroatoms. The minimum absolute atomic E-state index is 0.0381. The van der Waals surface area contributed by atoms with Crippen LogP contribution >= 0.6 is 0 Å². The van der Waals surface area contributed by atoms with Gasteiger partial charge in [-0.1, -0.05) is 18.2 Å². The van der Waals surface area contributed by atoms with Crippen LogP contribution in [-0.2, 0) is 4.79 Å². The van der Waals surface area contributed by atoms with Crippen LogP contribution in [0.25, 0.3) is 0 Å². The lowest BCUT2D eigenvalue weighted by Crippen LogP contribution is -2.44. The Hall–Kier alpha value is -2.44. The molecule has 1 atom stereocenters. The van der Waals surface area contributed by atoms with E-state index in [-0.39, 0.29) is 11.7 Å². The lowest BCUT2D eigenvalue weighted by Gasteiger charge is -2.15. The topological polar surface area (TPSA) is 111 Å². The number of carbonyl (C=O) groups is 2. The highest BCUT2D eigenvalue weighted by atomic mass is 19.1. The monoisotopic (exact) mass is 308 g/mol. The van der Waals surface area contributed by atoms with Gasteiger partial charge in [0, 0.05) is 12.1 Å². The Morgan fingerprint density at radius 1 is 1.18 bits per heavy atom. The van der Waals surface area contributed by atoms with Gasteiger partial charge in [-0.25, -0.2) is 4.39 Å². The molecule has 22 heavy (non-hydrogen) atoms. The number of amidine groups is 1. The summed E-state index contributed by atoms with van der Waals surface area (Å²) in [5, 5.41) is 2.61. The normalized spacial score (nSPS) is 12.7. The van der Waals surface area contributed by atoms with E-state index in [0.717, 1.165) is 0 Å². The minimum Gasteiger partial charge on any atom is -0.385 e. The number of hydrogen-bond acceptors (Lipinski definition) is 3. The second kappa shape index (κ2) is 9.49. The molecule has 1 unspecified atom stereocenters. The summed E-state index contributed by atoms with van der Waals surface area (Å²) in [7, 11) is 0. The zero-order valence-electron chi connectivity index (χ0n) is 12.3. The molecule has 120 valence electrons. The van der Waals surface area contributed by atoms with E-state index in [0.29, 0.717) is 31.4 Å². The third kappa shape index (κ3) is 6.34. The number of rotatable bonds is 9. The molecule has 2 amide bonds. The van der Waals surface area contributed by atoms with E-state index in [1.807, 2.05) is 0 Å². The smallest absolute Gasteiger partial charge is 0.251 e. The van der Waals surface area contributed by atoms with E-state index >= 15 is 0 Å². The highest BCUT2D eigenvalue weighted by molar-refractivity contribution is 5.97. The molecule has 5 N–H and O–H groups in total. The number of nitrogens with zero attached hydrogens (tertiary/aromatic N) is 1. The Kier molecular flexibility index (Phi) is 7.60. The van der Waals surface area contributed by atoms with Gasteiger partial charge >= 0.3 is 0 Å². The third-order valence-corrected chi connectivity index (χ3v) is 3.04. The van der Waals surface area contributed by atoms with E-state index in [4.69, 9.17) is 11.5 Å². The third-order valence-electron chi connectivity index (χ3n) is 3.04. The van der Waals surface area contributed by atoms with Crippen molar-refractivity contribution >= 4 is 17.6 Å². The van der Waals surface area contributed by atoms with Crippen LogP contribution in [0.15, 0.2) is 35.3 Å². The lowest BCUT2D eigenvalue weighted by atomic mass is 10.1. The first-order valence-electron chi connectivity index (χ1n) is 7.04. The first-order valence-corrected chi connectivity index (χ1v) is 7.04. The Morgan fingerprint density at radius 2 is 1.86 bits per heavy atom. The summed E-state index contributed by atoms with van der Waals surface area (Å²) >= 11 is 0. The summed E-state index contributed by atoms with van der Waals surface area (Å²) in [6, 6.07) is 7.84. The van der Waals surface area contributed by atoms with Crippen molar-refractivity contribution in [2.75, 3.05) is 13.2 Å². The van der Waals surface area contributed by atoms with Gasteiger partial charge in [0.15, 0.2) is 0 Å².